The molecular weight excluding hydrogens is 364 g/mol. The van der Waals surface area contributed by atoms with Crippen LogP contribution in [0.25, 0.3) is 22.3 Å². The smallest absolute Gasteiger partial charge is 0.158 e. The van der Waals surface area contributed by atoms with Crippen LogP contribution < -0.4 is 15.5 Å². The van der Waals surface area contributed by atoms with E-state index in [0.717, 1.165) is 60.1 Å². The third-order valence-electron chi connectivity index (χ3n) is 5.09. The first-order valence-corrected chi connectivity index (χ1v) is 9.52. The van der Waals surface area contributed by atoms with Crippen LogP contribution in [0.5, 0.6) is 0 Å². The highest BCUT2D eigenvalue weighted by atomic mass is 15.3. The number of hydrogen-bond donors (Lipinski definition) is 1. The first-order chi connectivity index (χ1) is 14.3. The van der Waals surface area contributed by atoms with Crippen molar-refractivity contribution >= 4 is 28.5 Å². The maximum atomic E-state index is 5.83. The lowest BCUT2D eigenvalue weighted by molar-refractivity contribution is 0.642. The van der Waals surface area contributed by atoms with Gasteiger partial charge in [0.15, 0.2) is 5.82 Å². The molecule has 0 atom stereocenters. The molecule has 8 nitrogen and oxygen atoms in total. The fourth-order valence-electron chi connectivity index (χ4n) is 3.62. The number of nitrogen functional groups attached to an aromatic ring is 1. The summed E-state index contributed by atoms with van der Waals surface area (Å²) < 4.78 is 0. The molecule has 0 bridgehead atoms. The second-order valence-electron chi connectivity index (χ2n) is 6.89. The molecule has 1 aliphatic rings. The van der Waals surface area contributed by atoms with Gasteiger partial charge in [-0.2, -0.15) is 0 Å². The number of fused-ring (bicyclic) bond motifs is 1. The lowest BCUT2D eigenvalue weighted by Crippen LogP contribution is -2.47. The Hall–Kier alpha value is -3.81. The summed E-state index contributed by atoms with van der Waals surface area (Å²) in [6.45, 7) is 3.44. The predicted octanol–water partition coefficient (Wildman–Crippen LogP) is 2.39. The topological polar surface area (TPSA) is 97.0 Å². The van der Waals surface area contributed by atoms with Crippen molar-refractivity contribution in [2.75, 3.05) is 41.7 Å². The van der Waals surface area contributed by atoms with Crippen LogP contribution in [0.3, 0.4) is 0 Å². The molecule has 1 fully saturated rings. The Balaban J connectivity index is 1.45. The third-order valence-corrected chi connectivity index (χ3v) is 5.09. The largest absolute Gasteiger partial charge is 0.384 e. The highest BCUT2D eigenvalue weighted by Crippen LogP contribution is 2.27. The van der Waals surface area contributed by atoms with Crippen molar-refractivity contribution in [2.45, 2.75) is 0 Å². The van der Waals surface area contributed by atoms with Crippen LogP contribution in [0.1, 0.15) is 0 Å². The molecule has 5 heterocycles. The van der Waals surface area contributed by atoms with Crippen molar-refractivity contribution in [3.05, 3.63) is 61.2 Å². The minimum atomic E-state index is 0.472. The lowest BCUT2D eigenvalue weighted by Gasteiger charge is -2.36. The molecule has 0 spiro atoms. The number of anilines is 3. The Morgan fingerprint density at radius 3 is 2.45 bits per heavy atom. The highest BCUT2D eigenvalue weighted by Gasteiger charge is 2.21. The standard InChI is InChI=1S/C21H20N8/c22-18-13-15(6-8-23-18)16-4-5-17-20(27-16)21(26-14-25-17)29-11-9-28(10-12-29)19-3-1-2-7-24-19/h1-8,13-14H,9-12H2,(H2,22,23). The SMILES string of the molecule is Nc1cc(-c2ccc3ncnc(N4CCN(c5ccccn5)CC4)c3n2)ccn1. The van der Waals surface area contributed by atoms with Crippen molar-refractivity contribution in [3.63, 3.8) is 0 Å². The van der Waals surface area contributed by atoms with Gasteiger partial charge in [0.05, 0.1) is 11.2 Å². The van der Waals surface area contributed by atoms with E-state index in [1.165, 1.54) is 0 Å². The van der Waals surface area contributed by atoms with Crippen molar-refractivity contribution < 1.29 is 0 Å². The second kappa shape index (κ2) is 7.31. The van der Waals surface area contributed by atoms with E-state index in [1.807, 2.05) is 48.7 Å². The molecule has 5 rings (SSSR count). The number of pyridine rings is 3. The predicted molar refractivity (Wildman–Crippen MR) is 114 cm³/mol. The van der Waals surface area contributed by atoms with E-state index < -0.39 is 0 Å². The van der Waals surface area contributed by atoms with E-state index in [-0.39, 0.29) is 0 Å². The van der Waals surface area contributed by atoms with E-state index in [9.17, 15) is 0 Å². The summed E-state index contributed by atoms with van der Waals surface area (Å²) in [5, 5.41) is 0. The van der Waals surface area contributed by atoms with Gasteiger partial charge in [0.1, 0.15) is 23.5 Å². The van der Waals surface area contributed by atoms with Gasteiger partial charge in [0, 0.05) is 44.1 Å². The van der Waals surface area contributed by atoms with E-state index in [4.69, 9.17) is 10.7 Å². The summed E-state index contributed by atoms with van der Waals surface area (Å²) >= 11 is 0. The van der Waals surface area contributed by atoms with Crippen LogP contribution in [0.2, 0.25) is 0 Å². The number of piperazine rings is 1. The van der Waals surface area contributed by atoms with E-state index in [0.29, 0.717) is 5.82 Å². The molecule has 0 aliphatic carbocycles. The Bertz CT molecular complexity index is 1140. The van der Waals surface area contributed by atoms with Crippen LogP contribution in [0, 0.1) is 0 Å². The molecule has 0 amide bonds. The molecule has 8 heteroatoms. The Labute approximate surface area is 168 Å². The molecule has 144 valence electrons. The molecule has 4 aromatic heterocycles. The quantitative estimate of drug-likeness (QED) is 0.575. The highest BCUT2D eigenvalue weighted by molar-refractivity contribution is 5.87. The zero-order valence-electron chi connectivity index (χ0n) is 15.8. The zero-order valence-corrected chi connectivity index (χ0v) is 15.8. The van der Waals surface area contributed by atoms with Crippen LogP contribution in [0.15, 0.2) is 61.2 Å². The number of aromatic nitrogens is 5. The summed E-state index contributed by atoms with van der Waals surface area (Å²) in [5.41, 5.74) is 9.21. The number of rotatable bonds is 3. The van der Waals surface area contributed by atoms with Gasteiger partial charge in [-0.1, -0.05) is 6.07 Å². The van der Waals surface area contributed by atoms with E-state index in [1.54, 1.807) is 12.5 Å². The minimum Gasteiger partial charge on any atom is -0.384 e. The normalized spacial score (nSPS) is 14.3. The summed E-state index contributed by atoms with van der Waals surface area (Å²) in [6.07, 6.45) is 5.13. The minimum absolute atomic E-state index is 0.472. The average Bonchev–Trinajstić information content (AvgIpc) is 2.79. The number of nitrogens with zero attached hydrogens (tertiary/aromatic N) is 7. The van der Waals surface area contributed by atoms with Crippen LogP contribution in [-0.2, 0) is 0 Å². The number of nitrogens with two attached hydrogens (primary N) is 1. The van der Waals surface area contributed by atoms with Crippen LogP contribution in [-0.4, -0.2) is 51.1 Å². The van der Waals surface area contributed by atoms with Crippen molar-refractivity contribution in [2.24, 2.45) is 0 Å². The first kappa shape index (κ1) is 17.3. The molecule has 0 radical (unpaired) electrons. The summed E-state index contributed by atoms with van der Waals surface area (Å²) in [6, 6.07) is 13.7. The van der Waals surface area contributed by atoms with Crippen molar-refractivity contribution in [3.8, 4) is 11.3 Å². The average molecular weight is 384 g/mol. The maximum Gasteiger partial charge on any atom is 0.158 e. The molecule has 2 N–H and O–H groups in total. The fraction of sp³-hybridized carbons (Fsp3) is 0.190. The maximum absolute atomic E-state index is 5.83. The molecular formula is C21H20N8. The monoisotopic (exact) mass is 384 g/mol. The Morgan fingerprint density at radius 1 is 0.793 bits per heavy atom. The molecule has 4 aromatic rings. The Morgan fingerprint density at radius 2 is 1.66 bits per heavy atom. The van der Waals surface area contributed by atoms with Crippen molar-refractivity contribution in [1.82, 2.24) is 24.9 Å². The summed E-state index contributed by atoms with van der Waals surface area (Å²) in [5.74, 6) is 2.34. The molecule has 1 saturated heterocycles. The zero-order chi connectivity index (χ0) is 19.6. The third kappa shape index (κ3) is 3.40. The van der Waals surface area contributed by atoms with Gasteiger partial charge < -0.3 is 15.5 Å². The van der Waals surface area contributed by atoms with Gasteiger partial charge >= 0.3 is 0 Å². The fourth-order valence-corrected chi connectivity index (χ4v) is 3.62. The summed E-state index contributed by atoms with van der Waals surface area (Å²) in [7, 11) is 0. The van der Waals surface area contributed by atoms with Gasteiger partial charge in [-0.15, -0.1) is 0 Å². The van der Waals surface area contributed by atoms with E-state index in [2.05, 4.69) is 29.7 Å². The number of hydrogen-bond acceptors (Lipinski definition) is 8. The summed E-state index contributed by atoms with van der Waals surface area (Å²) in [4.78, 5) is 26.9. The van der Waals surface area contributed by atoms with E-state index >= 15 is 0 Å². The van der Waals surface area contributed by atoms with Crippen molar-refractivity contribution in [1.29, 1.82) is 0 Å². The molecule has 0 aromatic carbocycles. The molecule has 29 heavy (non-hydrogen) atoms. The van der Waals surface area contributed by atoms with Gasteiger partial charge in [-0.3, -0.25) is 0 Å². The molecule has 1 aliphatic heterocycles. The van der Waals surface area contributed by atoms with Gasteiger partial charge in [-0.05, 0) is 36.4 Å². The first-order valence-electron chi connectivity index (χ1n) is 9.52. The van der Waals surface area contributed by atoms with Crippen LogP contribution in [0.4, 0.5) is 17.5 Å². The van der Waals surface area contributed by atoms with Gasteiger partial charge in [0.2, 0.25) is 0 Å². The molecule has 0 saturated carbocycles. The van der Waals surface area contributed by atoms with Crippen LogP contribution >= 0.6 is 0 Å². The Kier molecular flexibility index (Phi) is 4.36. The van der Waals surface area contributed by atoms with Gasteiger partial charge in [-0.25, -0.2) is 24.9 Å². The lowest BCUT2D eigenvalue weighted by atomic mass is 10.1. The second-order valence-corrected chi connectivity index (χ2v) is 6.89. The molecule has 0 unspecified atom stereocenters. The van der Waals surface area contributed by atoms with Gasteiger partial charge in [0.25, 0.3) is 0 Å².